The molecule has 1 amide bonds. The number of anilines is 1. The van der Waals surface area contributed by atoms with E-state index in [1.807, 2.05) is 93.0 Å². The van der Waals surface area contributed by atoms with Gasteiger partial charge in [0.25, 0.3) is 5.91 Å². The van der Waals surface area contributed by atoms with E-state index in [9.17, 15) is 13.6 Å². The number of benzene rings is 8. The maximum Gasteiger partial charge on any atom is 0.586 e. The Morgan fingerprint density at radius 1 is 0.443 bits per heavy atom. The van der Waals surface area contributed by atoms with Crippen LogP contribution in [0, 0.1) is 0 Å². The topological polar surface area (TPSA) is 168 Å². The summed E-state index contributed by atoms with van der Waals surface area (Å²) in [5.74, 6) is 10.1. The zero-order chi connectivity index (χ0) is 82.9. The van der Waals surface area contributed by atoms with Crippen molar-refractivity contribution in [2.24, 2.45) is 0 Å². The molecule has 0 unspecified atom stereocenters. The van der Waals surface area contributed by atoms with E-state index in [1.54, 1.807) is 44.3 Å². The molecule has 0 spiro atoms. The van der Waals surface area contributed by atoms with E-state index in [-0.39, 0.29) is 29.9 Å². The van der Waals surface area contributed by atoms with Crippen LogP contribution in [-0.2, 0) is 11.2 Å². The van der Waals surface area contributed by atoms with Gasteiger partial charge in [-0.3, -0.25) is 4.79 Å². The third kappa shape index (κ3) is 26.7. The first-order valence-electron chi connectivity index (χ1n) is 40.2. The lowest BCUT2D eigenvalue weighted by Crippen LogP contribution is -2.25. The van der Waals surface area contributed by atoms with Crippen molar-refractivity contribution in [1.82, 2.24) is 15.0 Å². The number of pyridine rings is 1. The molecular formula is C98H116F2N4O11. The van der Waals surface area contributed by atoms with Crippen LogP contribution in [0.4, 0.5) is 14.5 Å². The first-order valence-corrected chi connectivity index (χ1v) is 40.2. The van der Waals surface area contributed by atoms with Gasteiger partial charge in [-0.15, -0.1) is 8.78 Å². The lowest BCUT2D eigenvalue weighted by atomic mass is 9.98. The summed E-state index contributed by atoms with van der Waals surface area (Å²) in [6, 6.07) is 61.0. The molecule has 1 N–H and O–H groups in total. The van der Waals surface area contributed by atoms with Crippen LogP contribution in [0.2, 0.25) is 0 Å². The first-order chi connectivity index (χ1) is 55.0. The molecule has 8 heterocycles. The predicted molar refractivity (Wildman–Crippen MR) is 459 cm³/mol. The minimum atomic E-state index is -3.52. The Balaban J connectivity index is 0.000000149. The van der Waals surface area contributed by atoms with Crippen LogP contribution in [0.5, 0.6) is 46.1 Å². The van der Waals surface area contributed by atoms with Gasteiger partial charge in [0.05, 0.1) is 38.0 Å². The quantitative estimate of drug-likeness (QED) is 0.116. The van der Waals surface area contributed by atoms with Crippen LogP contribution in [0.15, 0.2) is 228 Å². The molecule has 1 saturated carbocycles. The predicted octanol–water partition coefficient (Wildman–Crippen LogP) is 26.5. The molecule has 12 aromatic rings. The van der Waals surface area contributed by atoms with Gasteiger partial charge in [-0.2, -0.15) is 0 Å². The van der Waals surface area contributed by atoms with Gasteiger partial charge >= 0.3 is 6.29 Å². The summed E-state index contributed by atoms with van der Waals surface area (Å²) < 4.78 is 76.6. The molecule has 1 aliphatic carbocycles. The average molecular weight is 1560 g/mol. The maximum absolute atomic E-state index is 12.6. The number of methoxy groups -OCH3 is 1. The summed E-state index contributed by atoms with van der Waals surface area (Å²) in [4.78, 5) is 23.3. The minimum Gasteiger partial charge on any atom is -0.493 e. The highest BCUT2D eigenvalue weighted by atomic mass is 19.3. The monoisotopic (exact) mass is 1560 g/mol. The van der Waals surface area contributed by atoms with E-state index in [1.165, 1.54) is 66.9 Å². The largest absolute Gasteiger partial charge is 0.586 e. The number of furan rings is 2. The molecule has 17 heteroatoms. The first kappa shape index (κ1) is 87.8. The third-order valence-corrected chi connectivity index (χ3v) is 19.6. The second-order valence-corrected chi connectivity index (χ2v) is 31.6. The zero-order valence-electron chi connectivity index (χ0n) is 70.4. The van der Waals surface area contributed by atoms with Crippen molar-refractivity contribution in [3.8, 4) is 57.3 Å². The number of carbonyl (C=O) groups excluding carboxylic acids is 1. The van der Waals surface area contributed by atoms with Crippen LogP contribution < -0.4 is 43.2 Å². The molecule has 8 aromatic carbocycles. The molecular weight excluding hydrogens is 1450 g/mol. The van der Waals surface area contributed by atoms with E-state index in [4.69, 9.17) is 37.3 Å². The minimum absolute atomic E-state index is 0.0848. The SMILES string of the molecule is CC(C)c1ccc(OC2CC2)c(-c2cncnc2)c1.CC(C)c1ccc2c(c1)CCO2.CC(C)c1ccc2c(c1)NC(=O)CO2.CC(C)c1ccc2c(c1)OC(F)(F)O2.CC(C)c1ccc2c(c1)OCO2.CC(C)c1ccc2ccoc2c1.CC(C)c1ccc2occc2c1.CC(C)c1ccccc1.COc1cc(C(C)C)ccn1. The molecule has 5 aliphatic rings. The second-order valence-electron chi connectivity index (χ2n) is 31.6. The number of amides is 1. The van der Waals surface area contributed by atoms with Crippen LogP contribution >= 0.6 is 0 Å². The highest BCUT2D eigenvalue weighted by Crippen LogP contribution is 2.43. The number of halogens is 2. The lowest BCUT2D eigenvalue weighted by molar-refractivity contribution is -0.286. The summed E-state index contributed by atoms with van der Waals surface area (Å²) >= 11 is 0. The van der Waals surface area contributed by atoms with Crippen LogP contribution in [0.1, 0.15) is 246 Å². The van der Waals surface area contributed by atoms with E-state index in [0.29, 0.717) is 66.1 Å². The Hall–Kier alpha value is -11.2. The summed E-state index contributed by atoms with van der Waals surface area (Å²) in [6.45, 7) is 40.2. The summed E-state index contributed by atoms with van der Waals surface area (Å²) in [5, 5.41) is 5.17. The number of carbonyl (C=O) groups is 1. The Bertz CT molecular complexity index is 4870. The number of hydrogen-bond donors (Lipinski definition) is 1. The lowest BCUT2D eigenvalue weighted by Gasteiger charge is -2.19. The Kier molecular flexibility index (Phi) is 32.2. The van der Waals surface area contributed by atoms with Gasteiger partial charge in [0, 0.05) is 53.0 Å². The smallest absolute Gasteiger partial charge is 0.493 e. The molecule has 0 saturated heterocycles. The molecule has 0 radical (unpaired) electrons. The third-order valence-electron chi connectivity index (χ3n) is 19.6. The molecule has 4 aromatic heterocycles. The van der Waals surface area contributed by atoms with Crippen LogP contribution in [0.25, 0.3) is 33.1 Å². The number of nitrogens with one attached hydrogen (secondary N) is 1. The van der Waals surface area contributed by atoms with Gasteiger partial charge in [-0.25, -0.2) is 15.0 Å². The van der Waals surface area contributed by atoms with Crippen LogP contribution in [0.3, 0.4) is 0 Å². The Morgan fingerprint density at radius 3 is 1.57 bits per heavy atom. The van der Waals surface area contributed by atoms with Gasteiger partial charge < -0.3 is 52.0 Å². The van der Waals surface area contributed by atoms with Crippen molar-refractivity contribution < 1.29 is 60.3 Å². The van der Waals surface area contributed by atoms with Crippen molar-refractivity contribution >= 4 is 33.5 Å². The summed E-state index contributed by atoms with van der Waals surface area (Å²) in [6.07, 6.45) is 10.8. The molecule has 4 aliphatic heterocycles. The Labute approximate surface area is 679 Å². The molecule has 17 rings (SSSR count). The van der Waals surface area contributed by atoms with Crippen molar-refractivity contribution in [2.75, 3.05) is 32.4 Å². The van der Waals surface area contributed by atoms with Crippen molar-refractivity contribution in [3.63, 3.8) is 0 Å². The van der Waals surface area contributed by atoms with Crippen molar-refractivity contribution in [2.45, 2.75) is 210 Å². The van der Waals surface area contributed by atoms with Crippen molar-refractivity contribution in [1.29, 1.82) is 0 Å². The molecule has 15 nitrogen and oxygen atoms in total. The summed E-state index contributed by atoms with van der Waals surface area (Å²) in [5.41, 5.74) is 17.8. The fraction of sp³-hybridized carbons (Fsp3) is 0.367. The number of alkyl halides is 2. The zero-order valence-corrected chi connectivity index (χ0v) is 70.4. The normalized spacial score (nSPS) is 13.4. The van der Waals surface area contributed by atoms with E-state index in [0.717, 1.165) is 88.2 Å². The van der Waals surface area contributed by atoms with Gasteiger partial charge in [0.2, 0.25) is 12.7 Å². The highest BCUT2D eigenvalue weighted by molar-refractivity contribution is 5.95. The number of fused-ring (bicyclic) bond motifs is 6. The number of aromatic nitrogens is 3. The standard InChI is InChI=1S/C16H18N2O.C11H13NO2.C11H14O.2C11H12O.C10H10F2O2.C10H12O2.C9H13NO.C9H12/c1-11(2)12-3-6-16(19-14-4-5-14)15(7-12)13-8-17-10-18-9-13;1-7(2)8-3-4-10-9(5-8)12-11(13)6-14-10;2*1-8(2)9-3-4-11-10(7-9)5-6-12-11;1-8(2)10-4-3-9-5-6-12-11(9)7-10;1-6(2)7-3-4-8-9(5-7)14-10(11,12)13-8;1-7(2)8-3-4-9-10(5-8)12-6-11-9;1-7(2)8-4-5-10-9(6-8)11-3;1-8(2)9-6-4-3-5-7-9/h3,6-11,14H,4-5H2,1-2H3;3-5,7H,6H2,1-2H3,(H,12,13);3-4,7-8H,5-6H2,1-2H3;2*3-8H,1-2H3;3-6H,1-2H3;3-5,7H,6H2,1-2H3;4-7H,1-3H3;3-8H,1-2H3. The molecule has 1 fully saturated rings. The average Bonchev–Trinajstić information content (AvgIpc) is 1.59. The van der Waals surface area contributed by atoms with Crippen molar-refractivity contribution in [3.05, 3.63) is 275 Å². The molecule has 0 atom stereocenters. The second kappa shape index (κ2) is 42.2. The fourth-order valence-corrected chi connectivity index (χ4v) is 12.1. The maximum atomic E-state index is 12.6. The van der Waals surface area contributed by atoms with Gasteiger partial charge in [-0.05, 0) is 213 Å². The Morgan fingerprint density at radius 2 is 0.948 bits per heavy atom. The van der Waals surface area contributed by atoms with E-state index in [2.05, 4.69) is 238 Å². The van der Waals surface area contributed by atoms with Crippen LogP contribution in [-0.4, -0.2) is 60.4 Å². The number of rotatable bonds is 13. The fourth-order valence-electron chi connectivity index (χ4n) is 12.1. The van der Waals surface area contributed by atoms with E-state index >= 15 is 0 Å². The molecule has 0 bridgehead atoms. The number of ether oxygens (including phenoxy) is 8. The highest BCUT2D eigenvalue weighted by Gasteiger charge is 2.43. The van der Waals surface area contributed by atoms with Gasteiger partial charge in [0.15, 0.2) is 29.6 Å². The molecule has 608 valence electrons. The number of hydrogen-bond acceptors (Lipinski definition) is 14. The number of nitrogens with zero attached hydrogens (tertiary/aromatic N) is 3. The van der Waals surface area contributed by atoms with Gasteiger partial charge in [-0.1, -0.05) is 210 Å². The van der Waals surface area contributed by atoms with Gasteiger partial charge in [0.1, 0.15) is 34.7 Å². The molecule has 115 heavy (non-hydrogen) atoms. The van der Waals surface area contributed by atoms with E-state index < -0.39 is 6.29 Å². The summed E-state index contributed by atoms with van der Waals surface area (Å²) in [7, 11) is 1.63.